The molecular formula is C14H23IN2. The molecule has 0 bridgehead atoms. The van der Waals surface area contributed by atoms with Gasteiger partial charge in [-0.05, 0) is 61.9 Å². The molecule has 2 N–H and O–H groups in total. The fourth-order valence-corrected chi connectivity index (χ4v) is 2.04. The Morgan fingerprint density at radius 3 is 2.47 bits per heavy atom. The summed E-state index contributed by atoms with van der Waals surface area (Å²) in [6.07, 6.45) is 0. The predicted octanol–water partition coefficient (Wildman–Crippen LogP) is 3.16. The molecule has 2 nitrogen and oxygen atoms in total. The third kappa shape index (κ3) is 6.38. The Balaban J connectivity index is 2.34. The Morgan fingerprint density at radius 1 is 1.24 bits per heavy atom. The van der Waals surface area contributed by atoms with Gasteiger partial charge in [0.2, 0.25) is 0 Å². The second-order valence-corrected chi connectivity index (χ2v) is 6.67. The smallest absolute Gasteiger partial charge is 0.0219 e. The molecule has 1 aromatic rings. The lowest BCUT2D eigenvalue weighted by molar-refractivity contribution is 0.387. The molecule has 0 radical (unpaired) electrons. The van der Waals surface area contributed by atoms with Crippen LogP contribution in [-0.4, -0.2) is 18.1 Å². The van der Waals surface area contributed by atoms with E-state index in [0.29, 0.717) is 6.04 Å². The summed E-state index contributed by atoms with van der Waals surface area (Å²) in [5.74, 6) is 0. The second kappa shape index (κ2) is 6.71. The molecule has 0 amide bonds. The molecule has 0 aliphatic heterocycles. The summed E-state index contributed by atoms with van der Waals surface area (Å²) in [7, 11) is 0. The number of rotatable bonds is 5. The highest BCUT2D eigenvalue weighted by Gasteiger charge is 2.10. The predicted molar refractivity (Wildman–Crippen MR) is 83.2 cm³/mol. The maximum atomic E-state index is 3.55. The maximum Gasteiger partial charge on any atom is 0.0219 e. The number of benzene rings is 1. The molecule has 0 aromatic heterocycles. The summed E-state index contributed by atoms with van der Waals surface area (Å²) in [6, 6.07) is 8.98. The number of halogens is 1. The highest BCUT2D eigenvalue weighted by molar-refractivity contribution is 14.1. The molecule has 3 heteroatoms. The first-order valence-electron chi connectivity index (χ1n) is 6.10. The third-order valence-corrected chi connectivity index (χ3v) is 3.59. The van der Waals surface area contributed by atoms with Crippen molar-refractivity contribution in [1.82, 2.24) is 10.6 Å². The van der Waals surface area contributed by atoms with Crippen LogP contribution in [0.4, 0.5) is 0 Å². The molecule has 0 saturated heterocycles. The summed E-state index contributed by atoms with van der Waals surface area (Å²) >= 11 is 2.39. The van der Waals surface area contributed by atoms with E-state index in [4.69, 9.17) is 0 Å². The van der Waals surface area contributed by atoms with Gasteiger partial charge in [0.15, 0.2) is 0 Å². The first-order valence-corrected chi connectivity index (χ1v) is 7.18. The van der Waals surface area contributed by atoms with Crippen LogP contribution in [0, 0.1) is 3.57 Å². The largest absolute Gasteiger partial charge is 0.311 e. The number of hydrogen-bond acceptors (Lipinski definition) is 2. The van der Waals surface area contributed by atoms with Gasteiger partial charge in [0.25, 0.3) is 0 Å². The molecule has 0 aliphatic rings. The SMILES string of the molecule is CC(CNC(C)(C)C)NCc1ccccc1I. The lowest BCUT2D eigenvalue weighted by Crippen LogP contribution is -2.44. The molecular weight excluding hydrogens is 323 g/mol. The van der Waals surface area contributed by atoms with Gasteiger partial charge in [-0.3, -0.25) is 0 Å². The van der Waals surface area contributed by atoms with E-state index in [9.17, 15) is 0 Å². The monoisotopic (exact) mass is 346 g/mol. The first kappa shape index (κ1) is 14.9. The molecule has 1 atom stereocenters. The molecule has 0 aliphatic carbocycles. The lowest BCUT2D eigenvalue weighted by atomic mass is 10.1. The van der Waals surface area contributed by atoms with Crippen LogP contribution in [0.25, 0.3) is 0 Å². The van der Waals surface area contributed by atoms with Gasteiger partial charge < -0.3 is 10.6 Å². The maximum absolute atomic E-state index is 3.55. The van der Waals surface area contributed by atoms with E-state index in [2.05, 4.69) is 85.2 Å². The zero-order valence-electron chi connectivity index (χ0n) is 11.2. The van der Waals surface area contributed by atoms with Gasteiger partial charge in [0, 0.05) is 28.2 Å². The van der Waals surface area contributed by atoms with Crippen LogP contribution in [0.5, 0.6) is 0 Å². The fraction of sp³-hybridized carbons (Fsp3) is 0.571. The molecule has 17 heavy (non-hydrogen) atoms. The van der Waals surface area contributed by atoms with E-state index in [1.165, 1.54) is 9.13 Å². The van der Waals surface area contributed by atoms with E-state index in [1.54, 1.807) is 0 Å². The van der Waals surface area contributed by atoms with E-state index in [0.717, 1.165) is 13.1 Å². The molecule has 1 unspecified atom stereocenters. The van der Waals surface area contributed by atoms with Crippen LogP contribution in [-0.2, 0) is 6.54 Å². The van der Waals surface area contributed by atoms with Crippen LogP contribution >= 0.6 is 22.6 Å². The summed E-state index contributed by atoms with van der Waals surface area (Å²) in [5.41, 5.74) is 1.56. The topological polar surface area (TPSA) is 24.1 Å². The van der Waals surface area contributed by atoms with Crippen LogP contribution < -0.4 is 10.6 Å². The van der Waals surface area contributed by atoms with Gasteiger partial charge >= 0.3 is 0 Å². The first-order chi connectivity index (χ1) is 7.88. The molecule has 1 rings (SSSR count). The van der Waals surface area contributed by atoms with Gasteiger partial charge in [-0.25, -0.2) is 0 Å². The van der Waals surface area contributed by atoms with Gasteiger partial charge in [-0.1, -0.05) is 18.2 Å². The van der Waals surface area contributed by atoms with Crippen molar-refractivity contribution in [3.63, 3.8) is 0 Å². The molecule has 0 saturated carbocycles. The van der Waals surface area contributed by atoms with Crippen molar-refractivity contribution in [3.8, 4) is 0 Å². The van der Waals surface area contributed by atoms with Crippen molar-refractivity contribution >= 4 is 22.6 Å². The van der Waals surface area contributed by atoms with E-state index < -0.39 is 0 Å². The molecule has 0 fully saturated rings. The van der Waals surface area contributed by atoms with Crippen molar-refractivity contribution in [2.45, 2.75) is 45.8 Å². The van der Waals surface area contributed by atoms with Gasteiger partial charge in [0.1, 0.15) is 0 Å². The van der Waals surface area contributed by atoms with Crippen molar-refractivity contribution in [2.24, 2.45) is 0 Å². The van der Waals surface area contributed by atoms with Crippen LogP contribution in [0.2, 0.25) is 0 Å². The average Bonchev–Trinajstić information content (AvgIpc) is 2.24. The normalized spacial score (nSPS) is 13.7. The summed E-state index contributed by atoms with van der Waals surface area (Å²) in [5, 5.41) is 7.05. The Bertz CT molecular complexity index is 344. The third-order valence-electron chi connectivity index (χ3n) is 2.54. The van der Waals surface area contributed by atoms with Crippen molar-refractivity contribution in [1.29, 1.82) is 0 Å². The van der Waals surface area contributed by atoms with Crippen molar-refractivity contribution < 1.29 is 0 Å². The van der Waals surface area contributed by atoms with Gasteiger partial charge in [0.05, 0.1) is 0 Å². The number of hydrogen-bond donors (Lipinski definition) is 2. The highest BCUT2D eigenvalue weighted by Crippen LogP contribution is 2.11. The fourth-order valence-electron chi connectivity index (χ4n) is 1.46. The minimum Gasteiger partial charge on any atom is -0.311 e. The van der Waals surface area contributed by atoms with Gasteiger partial charge in [-0.2, -0.15) is 0 Å². The quantitative estimate of drug-likeness (QED) is 0.801. The van der Waals surface area contributed by atoms with Crippen LogP contribution in [0.1, 0.15) is 33.3 Å². The van der Waals surface area contributed by atoms with Gasteiger partial charge in [-0.15, -0.1) is 0 Å². The summed E-state index contributed by atoms with van der Waals surface area (Å²) in [6.45, 7) is 10.7. The summed E-state index contributed by atoms with van der Waals surface area (Å²) in [4.78, 5) is 0. The molecule has 0 spiro atoms. The second-order valence-electron chi connectivity index (χ2n) is 5.50. The average molecular weight is 346 g/mol. The minimum atomic E-state index is 0.192. The Labute approximate surface area is 119 Å². The van der Waals surface area contributed by atoms with Crippen LogP contribution in [0.3, 0.4) is 0 Å². The zero-order valence-corrected chi connectivity index (χ0v) is 13.3. The van der Waals surface area contributed by atoms with Crippen molar-refractivity contribution in [3.05, 3.63) is 33.4 Å². The lowest BCUT2D eigenvalue weighted by Gasteiger charge is -2.24. The molecule has 1 aromatic carbocycles. The summed E-state index contributed by atoms with van der Waals surface area (Å²) < 4.78 is 1.33. The van der Waals surface area contributed by atoms with Crippen LogP contribution in [0.15, 0.2) is 24.3 Å². The standard InChI is InChI=1S/C14H23IN2/c1-11(9-17-14(2,3)4)16-10-12-7-5-6-8-13(12)15/h5-8,11,16-17H,9-10H2,1-4H3. The Kier molecular flexibility index (Phi) is 5.89. The zero-order chi connectivity index (χ0) is 12.9. The van der Waals surface area contributed by atoms with E-state index in [-0.39, 0.29) is 5.54 Å². The van der Waals surface area contributed by atoms with E-state index in [1.807, 2.05) is 0 Å². The number of nitrogens with one attached hydrogen (secondary N) is 2. The highest BCUT2D eigenvalue weighted by atomic mass is 127. The van der Waals surface area contributed by atoms with E-state index >= 15 is 0 Å². The minimum absolute atomic E-state index is 0.192. The molecule has 96 valence electrons. The molecule has 0 heterocycles. The van der Waals surface area contributed by atoms with Crippen molar-refractivity contribution in [2.75, 3.05) is 6.54 Å². The Hall–Kier alpha value is -0.130. The Morgan fingerprint density at radius 2 is 1.88 bits per heavy atom.